The van der Waals surface area contributed by atoms with Crippen LogP contribution in [0.4, 0.5) is 23.4 Å². The SMILES string of the molecule is NC1CCN(c2cc3c(cc2F)c(=O)c(C(=O)OF)cn3-c2ccc(F)cc2F)C1. The molecule has 1 atom stereocenters. The van der Waals surface area contributed by atoms with Gasteiger partial charge in [-0.25, -0.2) is 22.9 Å². The minimum Gasteiger partial charge on any atom is -0.367 e. The highest BCUT2D eigenvalue weighted by molar-refractivity contribution is 5.95. The van der Waals surface area contributed by atoms with Gasteiger partial charge < -0.3 is 15.2 Å². The molecule has 1 unspecified atom stereocenters. The fourth-order valence-electron chi connectivity index (χ4n) is 3.65. The van der Waals surface area contributed by atoms with Gasteiger partial charge in [0.1, 0.15) is 23.0 Å². The minimum atomic E-state index is -1.62. The maximum Gasteiger partial charge on any atom is 0.385 e. The van der Waals surface area contributed by atoms with Crippen molar-refractivity contribution in [3.63, 3.8) is 0 Å². The third-order valence-electron chi connectivity index (χ3n) is 5.10. The zero-order valence-corrected chi connectivity index (χ0v) is 15.4. The first-order chi connectivity index (χ1) is 14.3. The molecule has 6 nitrogen and oxygen atoms in total. The van der Waals surface area contributed by atoms with Gasteiger partial charge in [-0.05, 0) is 30.7 Å². The van der Waals surface area contributed by atoms with E-state index in [-0.39, 0.29) is 28.3 Å². The lowest BCUT2D eigenvalue weighted by Gasteiger charge is -2.21. The number of nitrogens with zero attached hydrogens (tertiary/aromatic N) is 2. The van der Waals surface area contributed by atoms with Crippen molar-refractivity contribution >= 4 is 22.6 Å². The van der Waals surface area contributed by atoms with E-state index in [4.69, 9.17) is 5.73 Å². The lowest BCUT2D eigenvalue weighted by atomic mass is 10.1. The van der Waals surface area contributed by atoms with Crippen molar-refractivity contribution in [3.8, 4) is 5.69 Å². The van der Waals surface area contributed by atoms with Crippen molar-refractivity contribution in [3.05, 3.63) is 69.8 Å². The highest BCUT2D eigenvalue weighted by atomic mass is 19.3. The summed E-state index contributed by atoms with van der Waals surface area (Å²) >= 11 is 0. The molecule has 4 rings (SSSR count). The maximum absolute atomic E-state index is 14.8. The summed E-state index contributed by atoms with van der Waals surface area (Å²) in [4.78, 5) is 29.2. The Morgan fingerprint density at radius 1 is 1.10 bits per heavy atom. The molecular weight excluding hydrogens is 406 g/mol. The smallest absolute Gasteiger partial charge is 0.367 e. The molecule has 0 aliphatic carbocycles. The summed E-state index contributed by atoms with van der Waals surface area (Å²) < 4.78 is 56.2. The van der Waals surface area contributed by atoms with Gasteiger partial charge in [0.05, 0.1) is 16.9 Å². The van der Waals surface area contributed by atoms with E-state index in [1.807, 2.05) is 0 Å². The van der Waals surface area contributed by atoms with Crippen LogP contribution in [0.3, 0.4) is 0 Å². The quantitative estimate of drug-likeness (QED) is 0.658. The van der Waals surface area contributed by atoms with Crippen molar-refractivity contribution in [2.45, 2.75) is 12.5 Å². The van der Waals surface area contributed by atoms with E-state index in [9.17, 15) is 27.3 Å². The fourth-order valence-corrected chi connectivity index (χ4v) is 3.65. The molecule has 0 radical (unpaired) electrons. The predicted molar refractivity (Wildman–Crippen MR) is 101 cm³/mol. The number of aromatic nitrogens is 1. The molecule has 2 N–H and O–H groups in total. The normalized spacial score (nSPS) is 16.3. The van der Waals surface area contributed by atoms with E-state index in [2.05, 4.69) is 4.94 Å². The van der Waals surface area contributed by atoms with Gasteiger partial charge in [-0.3, -0.25) is 4.79 Å². The summed E-state index contributed by atoms with van der Waals surface area (Å²) in [5.41, 5.74) is 4.06. The Balaban J connectivity index is 2.05. The van der Waals surface area contributed by atoms with Crippen LogP contribution in [0.25, 0.3) is 16.6 Å². The lowest BCUT2D eigenvalue weighted by molar-refractivity contribution is -0.0789. The number of hydrogen-bond acceptors (Lipinski definition) is 5. The summed E-state index contributed by atoms with van der Waals surface area (Å²) in [6.45, 7) is 0.856. The van der Waals surface area contributed by atoms with E-state index < -0.39 is 34.4 Å². The lowest BCUT2D eigenvalue weighted by Crippen LogP contribution is -2.27. The molecular formula is C20H15F4N3O3. The van der Waals surface area contributed by atoms with Gasteiger partial charge in [-0.15, -0.1) is 0 Å². The number of pyridine rings is 1. The Bertz CT molecular complexity index is 1230. The molecule has 156 valence electrons. The van der Waals surface area contributed by atoms with Crippen LogP contribution in [0.5, 0.6) is 0 Å². The molecule has 1 aliphatic rings. The Labute approximate surface area is 167 Å². The molecule has 3 aromatic rings. The Kier molecular flexibility index (Phi) is 4.94. The third-order valence-corrected chi connectivity index (χ3v) is 5.10. The van der Waals surface area contributed by atoms with Gasteiger partial charge in [0.2, 0.25) is 5.43 Å². The number of fused-ring (bicyclic) bond motifs is 1. The number of carbonyl (C=O) groups excluding carboxylic acids is 1. The van der Waals surface area contributed by atoms with E-state index in [0.29, 0.717) is 25.6 Å². The van der Waals surface area contributed by atoms with E-state index in [0.717, 1.165) is 29.0 Å². The van der Waals surface area contributed by atoms with Crippen LogP contribution in [0.1, 0.15) is 16.8 Å². The fraction of sp³-hybridized carbons (Fsp3) is 0.200. The number of hydrogen-bond donors (Lipinski definition) is 1. The molecule has 1 aliphatic heterocycles. The van der Waals surface area contributed by atoms with E-state index in [1.165, 1.54) is 6.07 Å². The third kappa shape index (κ3) is 3.28. The standard InChI is InChI=1S/C20H15F4N3O3/c21-10-1-2-16(14(22)5-10)27-9-13(20(29)30-24)19(28)12-6-15(23)18(7-17(12)27)26-4-3-11(25)8-26/h1-2,5-7,9,11H,3-4,8,25H2. The molecule has 1 aromatic heterocycles. The van der Waals surface area contributed by atoms with Crippen molar-refractivity contribution < 1.29 is 27.4 Å². The first-order valence-corrected chi connectivity index (χ1v) is 8.98. The van der Waals surface area contributed by atoms with Crippen LogP contribution in [0.2, 0.25) is 0 Å². The second kappa shape index (κ2) is 7.45. The predicted octanol–water partition coefficient (Wildman–Crippen LogP) is 2.99. The van der Waals surface area contributed by atoms with Crippen LogP contribution < -0.4 is 16.1 Å². The summed E-state index contributed by atoms with van der Waals surface area (Å²) in [5, 5.41) is -0.300. The minimum absolute atomic E-state index is 0.0396. The summed E-state index contributed by atoms with van der Waals surface area (Å²) in [6, 6.07) is 4.71. The van der Waals surface area contributed by atoms with Crippen molar-refractivity contribution in [1.29, 1.82) is 0 Å². The molecule has 1 fully saturated rings. The summed E-state index contributed by atoms with van der Waals surface area (Å²) in [7, 11) is 0. The van der Waals surface area contributed by atoms with E-state index >= 15 is 0 Å². The first kappa shape index (κ1) is 19.9. The second-order valence-corrected chi connectivity index (χ2v) is 7.02. The Hall–Kier alpha value is -3.40. The molecule has 10 heteroatoms. The molecule has 0 bridgehead atoms. The molecule has 1 saturated heterocycles. The number of benzene rings is 2. The molecule has 2 heterocycles. The van der Waals surface area contributed by atoms with Gasteiger partial charge >= 0.3 is 5.97 Å². The summed E-state index contributed by atoms with van der Waals surface area (Å²) in [6.07, 6.45) is 1.51. The van der Waals surface area contributed by atoms with Gasteiger partial charge in [0.15, 0.2) is 0 Å². The highest BCUT2D eigenvalue weighted by Gasteiger charge is 2.25. The van der Waals surface area contributed by atoms with Crippen molar-refractivity contribution in [2.75, 3.05) is 18.0 Å². The average molecular weight is 421 g/mol. The van der Waals surface area contributed by atoms with Gasteiger partial charge in [0, 0.05) is 41.3 Å². The van der Waals surface area contributed by atoms with Crippen LogP contribution >= 0.6 is 0 Å². The second-order valence-electron chi connectivity index (χ2n) is 7.02. The van der Waals surface area contributed by atoms with Crippen molar-refractivity contribution in [2.24, 2.45) is 5.73 Å². The maximum atomic E-state index is 14.8. The van der Waals surface area contributed by atoms with Crippen LogP contribution in [0, 0.1) is 17.5 Å². The van der Waals surface area contributed by atoms with Crippen LogP contribution in [0.15, 0.2) is 41.3 Å². The zero-order chi connectivity index (χ0) is 21.6. The summed E-state index contributed by atoms with van der Waals surface area (Å²) in [5.74, 6) is -4.23. The van der Waals surface area contributed by atoms with Crippen LogP contribution in [-0.2, 0) is 4.94 Å². The number of nitrogens with two attached hydrogens (primary N) is 1. The van der Waals surface area contributed by atoms with Crippen molar-refractivity contribution in [1.82, 2.24) is 4.57 Å². The largest absolute Gasteiger partial charge is 0.385 e. The van der Waals surface area contributed by atoms with Gasteiger partial charge in [0.25, 0.3) is 0 Å². The topological polar surface area (TPSA) is 77.6 Å². The number of anilines is 1. The number of halogens is 4. The monoisotopic (exact) mass is 421 g/mol. The Morgan fingerprint density at radius 2 is 1.83 bits per heavy atom. The molecule has 0 amide bonds. The molecule has 2 aromatic carbocycles. The molecule has 0 saturated carbocycles. The molecule has 30 heavy (non-hydrogen) atoms. The average Bonchev–Trinajstić information content (AvgIpc) is 3.14. The first-order valence-electron chi connectivity index (χ1n) is 8.98. The van der Waals surface area contributed by atoms with Gasteiger partial charge in [-0.1, -0.05) is 0 Å². The van der Waals surface area contributed by atoms with E-state index in [1.54, 1.807) is 4.90 Å². The molecule has 0 spiro atoms. The Morgan fingerprint density at radius 3 is 2.47 bits per heavy atom. The number of rotatable bonds is 3. The highest BCUT2D eigenvalue weighted by Crippen LogP contribution is 2.29. The zero-order valence-electron chi connectivity index (χ0n) is 15.4. The van der Waals surface area contributed by atoms with Gasteiger partial charge in [-0.2, -0.15) is 0 Å². The van der Waals surface area contributed by atoms with Crippen LogP contribution in [-0.4, -0.2) is 29.7 Å². The number of carbonyl (C=O) groups is 1.